The molecule has 0 aliphatic heterocycles. The zero-order chi connectivity index (χ0) is 12.1. The van der Waals surface area contributed by atoms with Crippen molar-refractivity contribution in [1.82, 2.24) is 9.62 Å². The molecule has 1 amide bonds. The molecular formula is C7H14N2O5S. The van der Waals surface area contributed by atoms with Crippen molar-refractivity contribution in [2.75, 3.05) is 25.9 Å². The fourth-order valence-electron chi connectivity index (χ4n) is 0.751. The third-order valence-corrected chi connectivity index (χ3v) is 3.45. The molecule has 15 heavy (non-hydrogen) atoms. The maximum atomic E-state index is 11.2. The number of carbonyl (C=O) groups is 2. The molecule has 2 N–H and O–H groups in total. The maximum Gasteiger partial charge on any atom is 0.322 e. The number of likely N-dealkylation sites (N-methyl/N-ethyl adjacent to an activating group) is 1. The minimum absolute atomic E-state index is 0.101. The molecule has 0 heterocycles. The van der Waals surface area contributed by atoms with E-state index in [-0.39, 0.29) is 12.3 Å². The minimum Gasteiger partial charge on any atom is -0.480 e. The third kappa shape index (κ3) is 5.33. The molecule has 0 aromatic heterocycles. The van der Waals surface area contributed by atoms with Crippen LogP contribution in [0.2, 0.25) is 0 Å². The smallest absolute Gasteiger partial charge is 0.322 e. The molecule has 0 bridgehead atoms. The summed E-state index contributed by atoms with van der Waals surface area (Å²) in [5.41, 5.74) is 0. The van der Waals surface area contributed by atoms with E-state index in [1.165, 1.54) is 14.0 Å². The number of carbonyl (C=O) groups excluding carboxylic acids is 1. The Morgan fingerprint density at radius 2 is 1.93 bits per heavy atom. The number of rotatable bonds is 6. The van der Waals surface area contributed by atoms with Crippen molar-refractivity contribution >= 4 is 21.9 Å². The van der Waals surface area contributed by atoms with Gasteiger partial charge in [0.2, 0.25) is 15.9 Å². The quantitative estimate of drug-likeness (QED) is 0.584. The zero-order valence-corrected chi connectivity index (χ0v) is 9.37. The number of aliphatic carboxylic acids is 1. The van der Waals surface area contributed by atoms with Crippen LogP contribution >= 0.6 is 0 Å². The summed E-state index contributed by atoms with van der Waals surface area (Å²) in [6, 6.07) is 0. The van der Waals surface area contributed by atoms with Gasteiger partial charge in [-0.25, -0.2) is 8.42 Å². The number of hydrogen-bond donors (Lipinski definition) is 2. The van der Waals surface area contributed by atoms with Crippen LogP contribution in [0.1, 0.15) is 6.92 Å². The molecule has 0 aliphatic rings. The average molecular weight is 238 g/mol. The van der Waals surface area contributed by atoms with Crippen LogP contribution in [0.25, 0.3) is 0 Å². The van der Waals surface area contributed by atoms with Crippen LogP contribution < -0.4 is 5.32 Å². The summed E-state index contributed by atoms with van der Waals surface area (Å²) >= 11 is 0. The molecule has 8 heteroatoms. The van der Waals surface area contributed by atoms with Gasteiger partial charge >= 0.3 is 5.97 Å². The van der Waals surface area contributed by atoms with Gasteiger partial charge in [-0.1, -0.05) is 0 Å². The topological polar surface area (TPSA) is 104 Å². The van der Waals surface area contributed by atoms with Crippen LogP contribution in [-0.4, -0.2) is 55.6 Å². The van der Waals surface area contributed by atoms with Crippen LogP contribution in [0.15, 0.2) is 0 Å². The van der Waals surface area contributed by atoms with Crippen molar-refractivity contribution < 1.29 is 23.1 Å². The van der Waals surface area contributed by atoms with E-state index in [0.29, 0.717) is 0 Å². The maximum absolute atomic E-state index is 11.2. The molecule has 0 spiro atoms. The molecule has 7 nitrogen and oxygen atoms in total. The first-order chi connectivity index (χ1) is 6.79. The number of amides is 1. The summed E-state index contributed by atoms with van der Waals surface area (Å²) < 4.78 is 23.3. The standard InChI is InChI=1S/C7H14N2O5S/c1-3-15(13,14)9(2)5-6(10)8-4-7(11)12/h3-5H2,1-2H3,(H,8,10)(H,11,12). The molecule has 0 aromatic carbocycles. The van der Waals surface area contributed by atoms with Gasteiger partial charge in [0.25, 0.3) is 0 Å². The highest BCUT2D eigenvalue weighted by molar-refractivity contribution is 7.89. The second kappa shape index (κ2) is 5.66. The Bertz CT molecular complexity index is 337. The summed E-state index contributed by atoms with van der Waals surface area (Å²) in [6.07, 6.45) is 0. The fourth-order valence-corrected chi connectivity index (χ4v) is 1.51. The minimum atomic E-state index is -3.41. The van der Waals surface area contributed by atoms with E-state index in [2.05, 4.69) is 5.32 Å². The summed E-state index contributed by atoms with van der Waals surface area (Å²) in [6.45, 7) is 0.573. The molecule has 0 atom stereocenters. The molecule has 0 rings (SSSR count). The molecule has 0 aromatic rings. The second-order valence-corrected chi connectivity index (χ2v) is 5.19. The van der Waals surface area contributed by atoms with Gasteiger partial charge in [0.1, 0.15) is 6.54 Å². The fraction of sp³-hybridized carbons (Fsp3) is 0.714. The van der Waals surface area contributed by atoms with Gasteiger partial charge in [-0.05, 0) is 6.92 Å². The predicted molar refractivity (Wildman–Crippen MR) is 52.7 cm³/mol. The molecule has 0 saturated heterocycles. The van der Waals surface area contributed by atoms with E-state index in [1.807, 2.05) is 0 Å². The summed E-state index contributed by atoms with van der Waals surface area (Å²) in [5.74, 6) is -1.92. The van der Waals surface area contributed by atoms with Gasteiger partial charge < -0.3 is 10.4 Å². The van der Waals surface area contributed by atoms with Crippen LogP contribution in [0.4, 0.5) is 0 Å². The first-order valence-electron chi connectivity index (χ1n) is 4.22. The van der Waals surface area contributed by atoms with E-state index in [0.717, 1.165) is 4.31 Å². The normalized spacial score (nSPS) is 11.4. The van der Waals surface area contributed by atoms with Crippen LogP contribution in [0.5, 0.6) is 0 Å². The SMILES string of the molecule is CCS(=O)(=O)N(C)CC(=O)NCC(=O)O. The average Bonchev–Trinajstić information content (AvgIpc) is 2.14. The van der Waals surface area contributed by atoms with Gasteiger partial charge in [0, 0.05) is 7.05 Å². The number of nitrogens with one attached hydrogen (secondary N) is 1. The van der Waals surface area contributed by atoms with Gasteiger partial charge in [-0.2, -0.15) is 4.31 Å². The Hall–Kier alpha value is -1.15. The van der Waals surface area contributed by atoms with E-state index in [9.17, 15) is 18.0 Å². The number of carboxylic acids is 1. The Labute approximate surface area is 88.1 Å². The predicted octanol–water partition coefficient (Wildman–Crippen LogP) is -1.53. The molecule has 0 aliphatic carbocycles. The van der Waals surface area contributed by atoms with E-state index >= 15 is 0 Å². The first kappa shape index (κ1) is 13.8. The Morgan fingerprint density at radius 3 is 2.33 bits per heavy atom. The molecule has 0 unspecified atom stereocenters. The highest BCUT2D eigenvalue weighted by Crippen LogP contribution is 1.95. The highest BCUT2D eigenvalue weighted by Gasteiger charge is 2.18. The van der Waals surface area contributed by atoms with Gasteiger partial charge in [-0.15, -0.1) is 0 Å². The first-order valence-corrected chi connectivity index (χ1v) is 5.83. The van der Waals surface area contributed by atoms with Crippen molar-refractivity contribution in [1.29, 1.82) is 0 Å². The second-order valence-electron chi connectivity index (χ2n) is 2.83. The number of carboxylic acid groups (broad SMARTS) is 1. The molecule has 0 fully saturated rings. The lowest BCUT2D eigenvalue weighted by Crippen LogP contribution is -2.40. The monoisotopic (exact) mass is 238 g/mol. The van der Waals surface area contributed by atoms with Gasteiger partial charge in [0.15, 0.2) is 0 Å². The highest BCUT2D eigenvalue weighted by atomic mass is 32.2. The van der Waals surface area contributed by atoms with E-state index < -0.39 is 28.4 Å². The molecule has 0 saturated carbocycles. The summed E-state index contributed by atoms with van der Waals surface area (Å²) in [5, 5.41) is 10.3. The molecule has 0 radical (unpaired) electrons. The number of sulfonamides is 1. The Balaban J connectivity index is 4.14. The largest absolute Gasteiger partial charge is 0.480 e. The lowest BCUT2D eigenvalue weighted by molar-refractivity contribution is -0.137. The van der Waals surface area contributed by atoms with Crippen molar-refractivity contribution in [3.8, 4) is 0 Å². The summed E-state index contributed by atoms with van der Waals surface area (Å²) in [7, 11) is -2.14. The van der Waals surface area contributed by atoms with Crippen LogP contribution in [0, 0.1) is 0 Å². The number of hydrogen-bond acceptors (Lipinski definition) is 4. The lowest BCUT2D eigenvalue weighted by Gasteiger charge is -2.14. The zero-order valence-electron chi connectivity index (χ0n) is 8.56. The Kier molecular flexibility index (Phi) is 5.23. The molecular weight excluding hydrogens is 224 g/mol. The van der Waals surface area contributed by atoms with E-state index in [4.69, 9.17) is 5.11 Å². The van der Waals surface area contributed by atoms with Crippen LogP contribution in [-0.2, 0) is 19.6 Å². The van der Waals surface area contributed by atoms with Gasteiger partial charge in [-0.3, -0.25) is 9.59 Å². The van der Waals surface area contributed by atoms with E-state index in [1.54, 1.807) is 0 Å². The summed E-state index contributed by atoms with van der Waals surface area (Å²) in [4.78, 5) is 21.1. The lowest BCUT2D eigenvalue weighted by atomic mass is 10.5. The Morgan fingerprint density at radius 1 is 1.40 bits per heavy atom. The van der Waals surface area contributed by atoms with Crippen molar-refractivity contribution in [2.24, 2.45) is 0 Å². The van der Waals surface area contributed by atoms with Crippen molar-refractivity contribution in [2.45, 2.75) is 6.92 Å². The van der Waals surface area contributed by atoms with Gasteiger partial charge in [0.05, 0.1) is 12.3 Å². The third-order valence-electron chi connectivity index (χ3n) is 1.64. The van der Waals surface area contributed by atoms with Crippen molar-refractivity contribution in [3.63, 3.8) is 0 Å². The number of nitrogens with zero attached hydrogens (tertiary/aromatic N) is 1. The molecule has 88 valence electrons. The van der Waals surface area contributed by atoms with Crippen molar-refractivity contribution in [3.05, 3.63) is 0 Å². The van der Waals surface area contributed by atoms with Crippen LogP contribution in [0.3, 0.4) is 0 Å².